The maximum atomic E-state index is 12.7. The number of hydrogen-bond donors (Lipinski definition) is 1. The zero-order chi connectivity index (χ0) is 21.5. The molecule has 1 atom stereocenters. The molecule has 1 aromatic carbocycles. The molecule has 1 N–H and O–H groups in total. The van der Waals surface area contributed by atoms with Gasteiger partial charge in [-0.2, -0.15) is 5.26 Å². The molecular weight excluding hydrogens is 396 g/mol. The summed E-state index contributed by atoms with van der Waals surface area (Å²) in [5.74, 6) is 0.220. The highest BCUT2D eigenvalue weighted by molar-refractivity contribution is 7.16. The number of fused-ring (bicyclic) bond motifs is 2. The number of benzene rings is 1. The van der Waals surface area contributed by atoms with Crippen molar-refractivity contribution >= 4 is 33.1 Å². The quantitative estimate of drug-likeness (QED) is 0.690. The van der Waals surface area contributed by atoms with Crippen molar-refractivity contribution in [3.05, 3.63) is 57.0 Å². The van der Waals surface area contributed by atoms with Gasteiger partial charge in [0.1, 0.15) is 17.6 Å². The summed E-state index contributed by atoms with van der Waals surface area (Å²) in [6.45, 7) is 6.60. The van der Waals surface area contributed by atoms with Crippen molar-refractivity contribution in [2.24, 2.45) is 11.3 Å². The third-order valence-corrected chi connectivity index (χ3v) is 7.07. The molecule has 6 nitrogen and oxygen atoms in total. The van der Waals surface area contributed by atoms with Crippen molar-refractivity contribution < 1.29 is 4.79 Å². The highest BCUT2D eigenvalue weighted by Crippen LogP contribution is 2.43. The fourth-order valence-electron chi connectivity index (χ4n) is 4.07. The summed E-state index contributed by atoms with van der Waals surface area (Å²) in [5, 5.41) is 13.6. The third kappa shape index (κ3) is 3.75. The number of carbonyl (C=O) groups excluding carboxylic acids is 1. The van der Waals surface area contributed by atoms with Gasteiger partial charge in [0.05, 0.1) is 22.8 Å². The fraction of sp³-hybridized carbons (Fsp3) is 0.391. The van der Waals surface area contributed by atoms with E-state index in [0.717, 1.165) is 24.8 Å². The van der Waals surface area contributed by atoms with Crippen LogP contribution in [-0.2, 0) is 24.2 Å². The number of nitriles is 1. The smallest absolute Gasteiger partial charge is 0.261 e. The first-order valence-corrected chi connectivity index (χ1v) is 10.9. The zero-order valence-electron chi connectivity index (χ0n) is 17.4. The number of amides is 1. The van der Waals surface area contributed by atoms with Gasteiger partial charge < -0.3 is 5.32 Å². The summed E-state index contributed by atoms with van der Waals surface area (Å²) >= 11 is 1.49. The second-order valence-electron chi connectivity index (χ2n) is 8.87. The van der Waals surface area contributed by atoms with E-state index in [2.05, 4.69) is 37.1 Å². The topological polar surface area (TPSA) is 87.8 Å². The first-order valence-electron chi connectivity index (χ1n) is 10.1. The van der Waals surface area contributed by atoms with E-state index in [1.165, 1.54) is 27.1 Å². The van der Waals surface area contributed by atoms with E-state index in [9.17, 15) is 14.9 Å². The first kappa shape index (κ1) is 20.3. The molecule has 2 aromatic heterocycles. The summed E-state index contributed by atoms with van der Waals surface area (Å²) in [5.41, 5.74) is 2.20. The predicted octanol–water partition coefficient (Wildman–Crippen LogP) is 4.12. The molecule has 154 valence electrons. The van der Waals surface area contributed by atoms with Crippen LogP contribution in [0, 0.1) is 22.7 Å². The van der Waals surface area contributed by atoms with Crippen LogP contribution < -0.4 is 10.9 Å². The monoisotopic (exact) mass is 420 g/mol. The molecule has 0 spiro atoms. The van der Waals surface area contributed by atoms with Gasteiger partial charge in [-0.05, 0) is 48.3 Å². The zero-order valence-corrected chi connectivity index (χ0v) is 18.2. The molecule has 30 heavy (non-hydrogen) atoms. The third-order valence-electron chi connectivity index (χ3n) is 5.90. The summed E-state index contributed by atoms with van der Waals surface area (Å²) in [6, 6.07) is 9.33. The van der Waals surface area contributed by atoms with Gasteiger partial charge in [-0.1, -0.05) is 32.9 Å². The number of aromatic nitrogens is 2. The van der Waals surface area contributed by atoms with Gasteiger partial charge in [0, 0.05) is 4.88 Å². The molecule has 3 aromatic rings. The van der Waals surface area contributed by atoms with Crippen LogP contribution in [0.4, 0.5) is 5.00 Å². The van der Waals surface area contributed by atoms with Crippen molar-refractivity contribution in [1.29, 1.82) is 5.26 Å². The Balaban J connectivity index is 1.56. The van der Waals surface area contributed by atoms with Crippen molar-refractivity contribution in [1.82, 2.24) is 9.55 Å². The number of hydrogen-bond acceptors (Lipinski definition) is 5. The highest BCUT2D eigenvalue weighted by atomic mass is 32.1. The predicted molar refractivity (Wildman–Crippen MR) is 119 cm³/mol. The summed E-state index contributed by atoms with van der Waals surface area (Å²) < 4.78 is 1.30. The molecule has 0 saturated carbocycles. The van der Waals surface area contributed by atoms with E-state index in [-0.39, 0.29) is 23.4 Å². The van der Waals surface area contributed by atoms with E-state index < -0.39 is 0 Å². The Kier molecular flexibility index (Phi) is 5.20. The first-order chi connectivity index (χ1) is 14.3. The number of rotatable bonds is 3. The lowest BCUT2D eigenvalue weighted by Crippen LogP contribution is -2.27. The van der Waals surface area contributed by atoms with Crippen molar-refractivity contribution in [2.45, 2.75) is 46.6 Å². The minimum Gasteiger partial charge on any atom is -0.315 e. The molecule has 0 fully saturated rings. The lowest BCUT2D eigenvalue weighted by atomic mass is 9.72. The Hall–Kier alpha value is -2.98. The summed E-state index contributed by atoms with van der Waals surface area (Å²) in [7, 11) is 0. The number of nitrogens with one attached hydrogen (secondary N) is 1. The minimum absolute atomic E-state index is 0.144. The van der Waals surface area contributed by atoms with Crippen molar-refractivity contribution in [3.63, 3.8) is 0 Å². The SMILES string of the molecule is CC(C)(C)C1CCc2c(sc(NC(=O)Cn3cnc4ccccc4c3=O)c2C#N)C1. The summed E-state index contributed by atoms with van der Waals surface area (Å²) in [4.78, 5) is 30.7. The van der Waals surface area contributed by atoms with E-state index in [0.29, 0.717) is 27.4 Å². The molecule has 1 amide bonds. The lowest BCUT2D eigenvalue weighted by Gasteiger charge is -2.33. The van der Waals surface area contributed by atoms with Gasteiger partial charge in [-0.15, -0.1) is 11.3 Å². The van der Waals surface area contributed by atoms with Crippen LogP contribution in [0.5, 0.6) is 0 Å². The van der Waals surface area contributed by atoms with E-state index in [4.69, 9.17) is 0 Å². The molecule has 0 saturated heterocycles. The maximum absolute atomic E-state index is 12.7. The molecule has 4 rings (SSSR count). The molecule has 7 heteroatoms. The maximum Gasteiger partial charge on any atom is 0.261 e. The highest BCUT2D eigenvalue weighted by Gasteiger charge is 2.32. The molecule has 1 aliphatic carbocycles. The second-order valence-corrected chi connectivity index (χ2v) is 9.97. The number of para-hydroxylation sites is 1. The van der Waals surface area contributed by atoms with Crippen molar-refractivity contribution in [3.8, 4) is 6.07 Å². The normalized spacial score (nSPS) is 16.1. The molecular formula is C23H24N4O2S. The Morgan fingerprint density at radius 2 is 2.13 bits per heavy atom. The van der Waals surface area contributed by atoms with Crippen LogP contribution in [-0.4, -0.2) is 15.5 Å². The molecule has 0 bridgehead atoms. The average Bonchev–Trinajstić information content (AvgIpc) is 3.05. The van der Waals surface area contributed by atoms with Crippen molar-refractivity contribution in [2.75, 3.05) is 5.32 Å². The van der Waals surface area contributed by atoms with Crippen LogP contribution >= 0.6 is 11.3 Å². The fourth-order valence-corrected chi connectivity index (χ4v) is 5.37. The minimum atomic E-state index is -0.336. The number of nitrogens with zero attached hydrogens (tertiary/aromatic N) is 3. The van der Waals surface area contributed by atoms with Gasteiger partial charge >= 0.3 is 0 Å². The Labute approximate surface area is 179 Å². The lowest BCUT2D eigenvalue weighted by molar-refractivity contribution is -0.116. The van der Waals surface area contributed by atoms with Gasteiger partial charge in [0.25, 0.3) is 5.56 Å². The van der Waals surface area contributed by atoms with E-state index >= 15 is 0 Å². The average molecular weight is 421 g/mol. The van der Waals surface area contributed by atoms with Crippen LogP contribution in [0.25, 0.3) is 10.9 Å². The Bertz CT molecular complexity index is 1230. The van der Waals surface area contributed by atoms with Crippen LogP contribution in [0.3, 0.4) is 0 Å². The van der Waals surface area contributed by atoms with Crippen LogP contribution in [0.2, 0.25) is 0 Å². The Morgan fingerprint density at radius 3 is 2.87 bits per heavy atom. The van der Waals surface area contributed by atoms with E-state index in [1.807, 2.05) is 6.07 Å². The van der Waals surface area contributed by atoms with Crippen LogP contribution in [0.15, 0.2) is 35.4 Å². The van der Waals surface area contributed by atoms with Gasteiger partial charge in [0.2, 0.25) is 5.91 Å². The van der Waals surface area contributed by atoms with Gasteiger partial charge in [0.15, 0.2) is 0 Å². The molecule has 2 heterocycles. The van der Waals surface area contributed by atoms with Crippen LogP contribution in [0.1, 0.15) is 43.2 Å². The molecule has 1 aliphatic rings. The van der Waals surface area contributed by atoms with E-state index in [1.54, 1.807) is 18.2 Å². The molecule has 0 aliphatic heterocycles. The van der Waals surface area contributed by atoms with Gasteiger partial charge in [-0.3, -0.25) is 14.2 Å². The summed E-state index contributed by atoms with van der Waals surface area (Å²) in [6.07, 6.45) is 4.24. The Morgan fingerprint density at radius 1 is 1.37 bits per heavy atom. The standard InChI is InChI=1S/C23H24N4O2S/c1-23(2,3)14-8-9-15-17(11-24)21(30-19(15)10-14)26-20(28)12-27-13-25-18-7-5-4-6-16(18)22(27)29/h4-7,13-14H,8-10,12H2,1-3H3,(H,26,28). The largest absolute Gasteiger partial charge is 0.315 e. The second kappa shape index (κ2) is 7.69. The molecule has 1 unspecified atom stereocenters. The number of thiophene rings is 1. The number of anilines is 1. The number of carbonyl (C=O) groups is 1. The molecule has 0 radical (unpaired) electrons. The van der Waals surface area contributed by atoms with Gasteiger partial charge in [-0.25, -0.2) is 4.98 Å².